The number of nitrogens with two attached hydrogens (primary N) is 2. The number of hydrogen-bond donors (Lipinski definition) is 2. The first-order chi connectivity index (χ1) is 5.09. The lowest BCUT2D eigenvalue weighted by atomic mass is 10.3. The summed E-state index contributed by atoms with van der Waals surface area (Å²) in [6, 6.07) is 1.98. The van der Waals surface area contributed by atoms with E-state index < -0.39 is 0 Å². The minimum absolute atomic E-state index is 0.382. The van der Waals surface area contributed by atoms with Crippen molar-refractivity contribution in [2.75, 3.05) is 11.5 Å². The third-order valence-electron chi connectivity index (χ3n) is 1.88. The van der Waals surface area contributed by atoms with Crippen molar-refractivity contribution in [3.05, 3.63) is 11.4 Å². The Morgan fingerprint density at radius 3 is 2.09 bits per heavy atom. The number of aromatic nitrogens is 1. The quantitative estimate of drug-likeness (QED) is 0.560. The van der Waals surface area contributed by atoms with E-state index in [-0.39, 0.29) is 0 Å². The SMILES string of the molecule is Cc1c(N)c(N)c(C#N)n1C. The molecule has 0 atom stereocenters. The molecule has 0 radical (unpaired) electrons. The van der Waals surface area contributed by atoms with Crippen LogP contribution in [0.2, 0.25) is 0 Å². The van der Waals surface area contributed by atoms with Gasteiger partial charge in [0.15, 0.2) is 0 Å². The third-order valence-corrected chi connectivity index (χ3v) is 1.88. The fourth-order valence-electron chi connectivity index (χ4n) is 0.987. The molecule has 1 heterocycles. The third kappa shape index (κ3) is 0.819. The summed E-state index contributed by atoms with van der Waals surface area (Å²) >= 11 is 0. The first-order valence-corrected chi connectivity index (χ1v) is 3.20. The lowest BCUT2D eigenvalue weighted by Gasteiger charge is -1.95. The van der Waals surface area contributed by atoms with E-state index in [9.17, 15) is 0 Å². The lowest BCUT2D eigenvalue weighted by molar-refractivity contribution is 0.868. The van der Waals surface area contributed by atoms with Gasteiger partial charge in [0.1, 0.15) is 11.8 Å². The average molecular weight is 150 g/mol. The minimum Gasteiger partial charge on any atom is -0.396 e. The summed E-state index contributed by atoms with van der Waals surface area (Å²) < 4.78 is 1.69. The molecule has 0 spiro atoms. The van der Waals surface area contributed by atoms with Crippen molar-refractivity contribution in [3.63, 3.8) is 0 Å². The Kier molecular flexibility index (Phi) is 1.50. The summed E-state index contributed by atoms with van der Waals surface area (Å²) in [7, 11) is 1.76. The van der Waals surface area contributed by atoms with Crippen molar-refractivity contribution in [2.24, 2.45) is 7.05 Å². The van der Waals surface area contributed by atoms with Crippen LogP contribution in [-0.4, -0.2) is 4.57 Å². The number of rotatable bonds is 0. The smallest absolute Gasteiger partial charge is 0.145 e. The first-order valence-electron chi connectivity index (χ1n) is 3.20. The topological polar surface area (TPSA) is 80.8 Å². The van der Waals surface area contributed by atoms with Crippen LogP contribution in [0.25, 0.3) is 0 Å². The molecule has 1 aromatic rings. The van der Waals surface area contributed by atoms with Crippen molar-refractivity contribution < 1.29 is 0 Å². The predicted octanol–water partition coefficient (Wildman–Crippen LogP) is 0.370. The molecule has 1 aromatic heterocycles. The van der Waals surface area contributed by atoms with Crippen LogP contribution in [0.4, 0.5) is 11.4 Å². The molecule has 0 amide bonds. The predicted molar refractivity (Wildman–Crippen MR) is 43.7 cm³/mol. The lowest BCUT2D eigenvalue weighted by Crippen LogP contribution is -1.95. The highest BCUT2D eigenvalue weighted by Gasteiger charge is 2.11. The molecule has 4 nitrogen and oxygen atoms in total. The fourth-order valence-corrected chi connectivity index (χ4v) is 0.987. The summed E-state index contributed by atoms with van der Waals surface area (Å²) in [5, 5.41) is 8.63. The van der Waals surface area contributed by atoms with E-state index in [2.05, 4.69) is 0 Å². The molecule has 0 unspecified atom stereocenters. The zero-order chi connectivity index (χ0) is 8.59. The van der Waals surface area contributed by atoms with Gasteiger partial charge in [-0.2, -0.15) is 5.26 Å². The normalized spacial score (nSPS) is 9.55. The van der Waals surface area contributed by atoms with Crippen LogP contribution in [0, 0.1) is 18.3 Å². The second-order valence-corrected chi connectivity index (χ2v) is 2.43. The van der Waals surface area contributed by atoms with Crippen LogP contribution in [-0.2, 0) is 7.05 Å². The number of anilines is 2. The summed E-state index contributed by atoms with van der Waals surface area (Å²) in [4.78, 5) is 0. The van der Waals surface area contributed by atoms with Gasteiger partial charge in [0.05, 0.1) is 11.4 Å². The number of nitriles is 1. The molecule has 0 aliphatic heterocycles. The van der Waals surface area contributed by atoms with Gasteiger partial charge in [-0.3, -0.25) is 0 Å². The molecule has 0 saturated carbocycles. The highest BCUT2D eigenvalue weighted by molar-refractivity contribution is 5.73. The summed E-state index contributed by atoms with van der Waals surface area (Å²) in [6.45, 7) is 1.83. The van der Waals surface area contributed by atoms with Crippen molar-refractivity contribution in [3.8, 4) is 6.07 Å². The molecule has 0 fully saturated rings. The minimum atomic E-state index is 0.382. The van der Waals surface area contributed by atoms with Gasteiger partial charge < -0.3 is 16.0 Å². The van der Waals surface area contributed by atoms with Crippen LogP contribution in [0.5, 0.6) is 0 Å². The van der Waals surface area contributed by atoms with Crippen LogP contribution in [0.1, 0.15) is 11.4 Å². The molecule has 58 valence electrons. The summed E-state index contributed by atoms with van der Waals surface area (Å²) in [6.07, 6.45) is 0. The van der Waals surface area contributed by atoms with E-state index in [0.717, 1.165) is 5.69 Å². The number of hydrogen-bond acceptors (Lipinski definition) is 3. The Morgan fingerprint density at radius 2 is 1.91 bits per heavy atom. The Bertz CT molecular complexity index is 304. The summed E-state index contributed by atoms with van der Waals surface area (Å²) in [5.74, 6) is 0. The van der Waals surface area contributed by atoms with Gasteiger partial charge >= 0.3 is 0 Å². The van der Waals surface area contributed by atoms with Crippen LogP contribution >= 0.6 is 0 Å². The van der Waals surface area contributed by atoms with E-state index in [1.54, 1.807) is 11.6 Å². The largest absolute Gasteiger partial charge is 0.396 e. The van der Waals surface area contributed by atoms with E-state index in [0.29, 0.717) is 17.1 Å². The fraction of sp³-hybridized carbons (Fsp3) is 0.286. The van der Waals surface area contributed by atoms with Crippen LogP contribution < -0.4 is 11.5 Å². The standard InChI is InChI=1S/C7H10N4/c1-4-6(9)7(10)5(3-8)11(4)2/h9-10H2,1-2H3. The van der Waals surface area contributed by atoms with Crippen molar-refractivity contribution in [1.29, 1.82) is 5.26 Å². The van der Waals surface area contributed by atoms with E-state index in [1.807, 2.05) is 13.0 Å². The zero-order valence-corrected chi connectivity index (χ0v) is 6.55. The van der Waals surface area contributed by atoms with Crippen molar-refractivity contribution in [1.82, 2.24) is 4.57 Å². The van der Waals surface area contributed by atoms with Crippen LogP contribution in [0.15, 0.2) is 0 Å². The van der Waals surface area contributed by atoms with E-state index in [1.165, 1.54) is 0 Å². The maximum absolute atomic E-state index is 8.63. The highest BCUT2D eigenvalue weighted by Crippen LogP contribution is 2.25. The first kappa shape index (κ1) is 7.48. The monoisotopic (exact) mass is 150 g/mol. The Morgan fingerprint density at radius 1 is 1.36 bits per heavy atom. The van der Waals surface area contributed by atoms with Gasteiger partial charge in [-0.25, -0.2) is 0 Å². The molecule has 0 aliphatic rings. The van der Waals surface area contributed by atoms with E-state index in [4.69, 9.17) is 16.7 Å². The van der Waals surface area contributed by atoms with Gasteiger partial charge in [0.2, 0.25) is 0 Å². The second kappa shape index (κ2) is 2.20. The Hall–Kier alpha value is -1.63. The van der Waals surface area contributed by atoms with Gasteiger partial charge in [0, 0.05) is 12.7 Å². The van der Waals surface area contributed by atoms with Gasteiger partial charge in [-0.15, -0.1) is 0 Å². The molecule has 1 rings (SSSR count). The molecular weight excluding hydrogens is 140 g/mol. The maximum Gasteiger partial charge on any atom is 0.145 e. The van der Waals surface area contributed by atoms with E-state index >= 15 is 0 Å². The molecule has 0 aromatic carbocycles. The number of nitrogens with zero attached hydrogens (tertiary/aromatic N) is 2. The Labute approximate surface area is 65.0 Å². The van der Waals surface area contributed by atoms with Gasteiger partial charge in [-0.1, -0.05) is 0 Å². The molecule has 11 heavy (non-hydrogen) atoms. The molecule has 0 saturated heterocycles. The average Bonchev–Trinajstić information content (AvgIpc) is 2.17. The van der Waals surface area contributed by atoms with Gasteiger partial charge in [0.25, 0.3) is 0 Å². The Balaban J connectivity index is 3.51. The highest BCUT2D eigenvalue weighted by atomic mass is 15.0. The summed E-state index contributed by atoms with van der Waals surface area (Å²) in [5.41, 5.74) is 13.3. The molecule has 4 N–H and O–H groups in total. The molecular formula is C7H10N4. The molecule has 0 aliphatic carbocycles. The van der Waals surface area contributed by atoms with Gasteiger partial charge in [-0.05, 0) is 6.92 Å². The zero-order valence-electron chi connectivity index (χ0n) is 6.55. The molecule has 0 bridgehead atoms. The van der Waals surface area contributed by atoms with Crippen molar-refractivity contribution >= 4 is 11.4 Å². The molecule has 4 heteroatoms. The maximum atomic E-state index is 8.63. The van der Waals surface area contributed by atoms with Crippen LogP contribution in [0.3, 0.4) is 0 Å². The second-order valence-electron chi connectivity index (χ2n) is 2.43. The number of nitrogen functional groups attached to an aromatic ring is 2. The van der Waals surface area contributed by atoms with Crippen molar-refractivity contribution in [2.45, 2.75) is 6.92 Å².